The highest BCUT2D eigenvalue weighted by atomic mass is 16.5. The van der Waals surface area contributed by atoms with E-state index in [9.17, 15) is 4.79 Å². The van der Waals surface area contributed by atoms with Crippen molar-refractivity contribution < 1.29 is 9.53 Å². The molecule has 0 amide bonds. The van der Waals surface area contributed by atoms with Gasteiger partial charge in [-0.2, -0.15) is 0 Å². The lowest BCUT2D eigenvalue weighted by atomic mass is 10.0. The molecule has 1 aromatic heterocycles. The van der Waals surface area contributed by atoms with Crippen LogP contribution in [-0.4, -0.2) is 18.1 Å². The van der Waals surface area contributed by atoms with E-state index in [1.165, 1.54) is 18.2 Å². The summed E-state index contributed by atoms with van der Waals surface area (Å²) < 4.78 is 4.71. The van der Waals surface area contributed by atoms with Crippen LogP contribution in [0.15, 0.2) is 48.7 Å². The average Bonchev–Trinajstić information content (AvgIpc) is 2.58. The normalized spacial score (nSPS) is 10.6. The molecule has 3 aromatic rings. The Bertz CT molecular complexity index is 870. The number of carbonyl (C=O) groups excluding carboxylic acids is 1. The second-order valence-corrected chi connectivity index (χ2v) is 5.46. The van der Waals surface area contributed by atoms with Gasteiger partial charge in [0.05, 0.1) is 18.2 Å². The van der Waals surface area contributed by atoms with Crippen LogP contribution in [0.1, 0.15) is 21.5 Å². The summed E-state index contributed by atoms with van der Waals surface area (Å²) >= 11 is 0. The maximum Gasteiger partial charge on any atom is 0.337 e. The van der Waals surface area contributed by atoms with Crippen LogP contribution in [0.2, 0.25) is 0 Å². The van der Waals surface area contributed by atoms with E-state index in [4.69, 9.17) is 4.74 Å². The Morgan fingerprint density at radius 3 is 2.48 bits per heavy atom. The Hall–Kier alpha value is -2.88. The Morgan fingerprint density at radius 2 is 1.78 bits per heavy atom. The van der Waals surface area contributed by atoms with Gasteiger partial charge in [0.15, 0.2) is 0 Å². The third kappa shape index (κ3) is 2.88. The number of carbonyl (C=O) groups is 1. The molecule has 0 aliphatic heterocycles. The molecule has 3 rings (SSSR count). The fourth-order valence-electron chi connectivity index (χ4n) is 2.53. The molecule has 0 fully saturated rings. The van der Waals surface area contributed by atoms with Crippen LogP contribution < -0.4 is 5.32 Å². The molecule has 0 unspecified atom stereocenters. The third-order valence-corrected chi connectivity index (χ3v) is 4.02. The van der Waals surface area contributed by atoms with Gasteiger partial charge in [-0.3, -0.25) is 4.98 Å². The number of pyridine rings is 1. The van der Waals surface area contributed by atoms with Crippen molar-refractivity contribution in [1.82, 2.24) is 4.98 Å². The number of ether oxygens (including phenoxy) is 1. The van der Waals surface area contributed by atoms with Gasteiger partial charge in [-0.1, -0.05) is 12.1 Å². The lowest BCUT2D eigenvalue weighted by Crippen LogP contribution is -2.01. The number of anilines is 2. The first-order valence-corrected chi connectivity index (χ1v) is 7.40. The molecule has 23 heavy (non-hydrogen) atoms. The quantitative estimate of drug-likeness (QED) is 0.729. The maximum atomic E-state index is 11.5. The molecule has 116 valence electrons. The first-order chi connectivity index (χ1) is 11.1. The molecule has 0 bridgehead atoms. The molecule has 1 N–H and O–H groups in total. The fourth-order valence-corrected chi connectivity index (χ4v) is 2.53. The topological polar surface area (TPSA) is 51.2 Å². The number of aryl methyl sites for hydroxylation is 2. The first-order valence-electron chi connectivity index (χ1n) is 7.40. The van der Waals surface area contributed by atoms with Crippen molar-refractivity contribution in [3.63, 3.8) is 0 Å². The van der Waals surface area contributed by atoms with Gasteiger partial charge in [-0.25, -0.2) is 4.79 Å². The van der Waals surface area contributed by atoms with Crippen LogP contribution in [0.3, 0.4) is 0 Å². The Labute approximate surface area is 135 Å². The van der Waals surface area contributed by atoms with Gasteiger partial charge >= 0.3 is 5.97 Å². The number of nitrogens with zero attached hydrogens (tertiary/aromatic N) is 1. The molecule has 0 saturated carbocycles. The van der Waals surface area contributed by atoms with Crippen molar-refractivity contribution in [2.75, 3.05) is 12.4 Å². The maximum absolute atomic E-state index is 11.5. The fraction of sp³-hybridized carbons (Fsp3) is 0.158. The number of rotatable bonds is 3. The lowest BCUT2D eigenvalue weighted by Gasteiger charge is -2.12. The molecule has 0 spiro atoms. The zero-order chi connectivity index (χ0) is 16.4. The minimum Gasteiger partial charge on any atom is -0.465 e. The molecule has 4 heteroatoms. The Morgan fingerprint density at radius 1 is 1.04 bits per heavy atom. The third-order valence-electron chi connectivity index (χ3n) is 4.02. The molecular weight excluding hydrogens is 288 g/mol. The first kappa shape index (κ1) is 15.0. The smallest absolute Gasteiger partial charge is 0.337 e. The van der Waals surface area contributed by atoms with E-state index in [1.54, 1.807) is 18.3 Å². The summed E-state index contributed by atoms with van der Waals surface area (Å²) in [6.45, 7) is 4.17. The van der Waals surface area contributed by atoms with Gasteiger partial charge in [0.1, 0.15) is 0 Å². The van der Waals surface area contributed by atoms with E-state index in [0.717, 1.165) is 22.3 Å². The minimum absolute atomic E-state index is 0.336. The van der Waals surface area contributed by atoms with Gasteiger partial charge in [-0.15, -0.1) is 0 Å². The van der Waals surface area contributed by atoms with Crippen molar-refractivity contribution in [1.29, 1.82) is 0 Å². The van der Waals surface area contributed by atoms with E-state index < -0.39 is 0 Å². The monoisotopic (exact) mass is 306 g/mol. The van der Waals surface area contributed by atoms with E-state index in [-0.39, 0.29) is 5.97 Å². The molecule has 1 heterocycles. The van der Waals surface area contributed by atoms with Crippen LogP contribution in [-0.2, 0) is 4.74 Å². The zero-order valence-electron chi connectivity index (χ0n) is 13.4. The number of fused-ring (bicyclic) bond motifs is 1. The highest BCUT2D eigenvalue weighted by molar-refractivity contribution is 5.95. The zero-order valence-corrected chi connectivity index (χ0v) is 13.4. The van der Waals surface area contributed by atoms with Crippen LogP contribution in [0.4, 0.5) is 11.4 Å². The largest absolute Gasteiger partial charge is 0.465 e. The number of benzene rings is 2. The van der Waals surface area contributed by atoms with Crippen LogP contribution in [0, 0.1) is 13.8 Å². The standard InChI is InChI=1S/C19H18N2O2/c1-12-4-9-16-17(10-11-20-18(16)13(12)2)21-15-7-5-14(6-8-15)19(22)23-3/h4-11H,1-3H3,(H,20,21). The van der Waals surface area contributed by atoms with E-state index in [1.807, 2.05) is 18.2 Å². The number of nitrogens with one attached hydrogen (secondary N) is 1. The summed E-state index contributed by atoms with van der Waals surface area (Å²) in [7, 11) is 1.38. The highest BCUT2D eigenvalue weighted by Crippen LogP contribution is 2.28. The minimum atomic E-state index is -0.336. The summed E-state index contributed by atoms with van der Waals surface area (Å²) in [5.74, 6) is -0.336. The van der Waals surface area contributed by atoms with Crippen LogP contribution in [0.5, 0.6) is 0 Å². The predicted octanol–water partition coefficient (Wildman–Crippen LogP) is 4.38. The molecule has 0 aliphatic carbocycles. The molecule has 0 saturated heterocycles. The summed E-state index contributed by atoms with van der Waals surface area (Å²) in [6.07, 6.45) is 1.81. The van der Waals surface area contributed by atoms with E-state index in [2.05, 4.69) is 36.3 Å². The molecule has 2 aromatic carbocycles. The van der Waals surface area contributed by atoms with Crippen molar-refractivity contribution in [2.24, 2.45) is 0 Å². The second kappa shape index (κ2) is 6.08. The number of aromatic nitrogens is 1. The van der Waals surface area contributed by atoms with Crippen LogP contribution >= 0.6 is 0 Å². The van der Waals surface area contributed by atoms with Gasteiger partial charge < -0.3 is 10.1 Å². The van der Waals surface area contributed by atoms with Gasteiger partial charge in [-0.05, 0) is 55.3 Å². The molecule has 0 radical (unpaired) electrons. The van der Waals surface area contributed by atoms with E-state index >= 15 is 0 Å². The molecule has 0 aliphatic rings. The molecular formula is C19H18N2O2. The summed E-state index contributed by atoms with van der Waals surface area (Å²) in [5.41, 5.74) is 5.84. The number of hydrogen-bond donors (Lipinski definition) is 1. The summed E-state index contributed by atoms with van der Waals surface area (Å²) in [4.78, 5) is 16.0. The molecule has 4 nitrogen and oxygen atoms in total. The number of hydrogen-bond acceptors (Lipinski definition) is 4. The Balaban J connectivity index is 1.96. The number of esters is 1. The van der Waals surface area contributed by atoms with Crippen molar-refractivity contribution in [3.05, 3.63) is 65.4 Å². The van der Waals surface area contributed by atoms with Gasteiger partial charge in [0, 0.05) is 23.0 Å². The van der Waals surface area contributed by atoms with Gasteiger partial charge in [0.2, 0.25) is 0 Å². The van der Waals surface area contributed by atoms with Gasteiger partial charge in [0.25, 0.3) is 0 Å². The van der Waals surface area contributed by atoms with Crippen LogP contribution in [0.25, 0.3) is 10.9 Å². The van der Waals surface area contributed by atoms with Crippen molar-refractivity contribution in [3.8, 4) is 0 Å². The van der Waals surface area contributed by atoms with Crippen molar-refractivity contribution >= 4 is 28.2 Å². The Kier molecular flexibility index (Phi) is 3.98. The predicted molar refractivity (Wildman–Crippen MR) is 92.3 cm³/mol. The summed E-state index contributed by atoms with van der Waals surface area (Å²) in [5, 5.41) is 4.46. The van der Waals surface area contributed by atoms with Crippen molar-refractivity contribution in [2.45, 2.75) is 13.8 Å². The second-order valence-electron chi connectivity index (χ2n) is 5.46. The molecule has 0 atom stereocenters. The highest BCUT2D eigenvalue weighted by Gasteiger charge is 2.08. The summed E-state index contributed by atoms with van der Waals surface area (Å²) in [6, 6.07) is 13.3. The number of methoxy groups -OCH3 is 1. The SMILES string of the molecule is COC(=O)c1ccc(Nc2ccnc3c(C)c(C)ccc23)cc1. The average molecular weight is 306 g/mol. The lowest BCUT2D eigenvalue weighted by molar-refractivity contribution is 0.0601. The van der Waals surface area contributed by atoms with E-state index in [0.29, 0.717) is 5.56 Å².